The van der Waals surface area contributed by atoms with E-state index in [1.54, 1.807) is 0 Å². The molecule has 4 nitrogen and oxygen atoms in total. The molecule has 4 heteroatoms. The number of rotatable bonds is 7. The SMILES string of the molecule is CCCOc1ccc(NC(=O)C(N)CCC)cc1. The van der Waals surface area contributed by atoms with Crippen LogP contribution in [0.25, 0.3) is 0 Å². The third-order valence-corrected chi connectivity index (χ3v) is 2.53. The standard InChI is InChI=1S/C14H22N2O2/c1-3-5-13(15)14(17)16-11-6-8-12(9-7-11)18-10-4-2/h6-9,13H,3-5,10,15H2,1-2H3,(H,16,17). The molecule has 0 aliphatic rings. The first-order valence-corrected chi connectivity index (χ1v) is 6.46. The number of amides is 1. The molecule has 0 aliphatic carbocycles. The van der Waals surface area contributed by atoms with Gasteiger partial charge in [-0.1, -0.05) is 20.3 Å². The Morgan fingerprint density at radius 2 is 1.94 bits per heavy atom. The van der Waals surface area contributed by atoms with Gasteiger partial charge >= 0.3 is 0 Å². The lowest BCUT2D eigenvalue weighted by Crippen LogP contribution is -2.35. The van der Waals surface area contributed by atoms with Crippen LogP contribution in [0.1, 0.15) is 33.1 Å². The van der Waals surface area contributed by atoms with Crippen molar-refractivity contribution >= 4 is 11.6 Å². The maximum Gasteiger partial charge on any atom is 0.241 e. The maximum atomic E-state index is 11.7. The molecule has 0 heterocycles. The summed E-state index contributed by atoms with van der Waals surface area (Å²) in [4.78, 5) is 11.7. The fraction of sp³-hybridized carbons (Fsp3) is 0.500. The number of hydrogen-bond acceptors (Lipinski definition) is 3. The minimum absolute atomic E-state index is 0.140. The first-order chi connectivity index (χ1) is 8.67. The van der Waals surface area contributed by atoms with Crippen LogP contribution in [0.4, 0.5) is 5.69 Å². The van der Waals surface area contributed by atoms with E-state index in [9.17, 15) is 4.79 Å². The molecule has 1 aromatic carbocycles. The van der Waals surface area contributed by atoms with E-state index in [-0.39, 0.29) is 5.91 Å². The van der Waals surface area contributed by atoms with Gasteiger partial charge in [-0.3, -0.25) is 4.79 Å². The van der Waals surface area contributed by atoms with Gasteiger partial charge in [0.1, 0.15) is 5.75 Å². The van der Waals surface area contributed by atoms with Gasteiger partial charge in [-0.25, -0.2) is 0 Å². The molecule has 1 atom stereocenters. The van der Waals surface area contributed by atoms with Crippen molar-refractivity contribution in [1.29, 1.82) is 0 Å². The number of hydrogen-bond donors (Lipinski definition) is 2. The Bertz CT molecular complexity index is 363. The quantitative estimate of drug-likeness (QED) is 0.781. The summed E-state index contributed by atoms with van der Waals surface area (Å²) < 4.78 is 5.46. The Labute approximate surface area is 109 Å². The molecule has 0 radical (unpaired) electrons. The van der Waals surface area contributed by atoms with Crippen LogP contribution in [0.3, 0.4) is 0 Å². The molecular weight excluding hydrogens is 228 g/mol. The molecule has 0 saturated heterocycles. The first kappa shape index (κ1) is 14.5. The van der Waals surface area contributed by atoms with Crippen LogP contribution in [0.2, 0.25) is 0 Å². The van der Waals surface area contributed by atoms with E-state index in [4.69, 9.17) is 10.5 Å². The zero-order valence-electron chi connectivity index (χ0n) is 11.1. The van der Waals surface area contributed by atoms with Crippen molar-refractivity contribution in [2.75, 3.05) is 11.9 Å². The normalized spacial score (nSPS) is 11.9. The van der Waals surface area contributed by atoms with E-state index in [2.05, 4.69) is 12.2 Å². The van der Waals surface area contributed by atoms with Gasteiger partial charge in [-0.15, -0.1) is 0 Å². The Morgan fingerprint density at radius 1 is 1.28 bits per heavy atom. The molecule has 0 aromatic heterocycles. The fourth-order valence-electron chi connectivity index (χ4n) is 1.53. The largest absolute Gasteiger partial charge is 0.494 e. The second-order valence-corrected chi connectivity index (χ2v) is 4.26. The average Bonchev–Trinajstić information content (AvgIpc) is 2.38. The van der Waals surface area contributed by atoms with Gasteiger partial charge in [0.25, 0.3) is 0 Å². The highest BCUT2D eigenvalue weighted by molar-refractivity contribution is 5.94. The topological polar surface area (TPSA) is 64.3 Å². The molecule has 100 valence electrons. The molecular formula is C14H22N2O2. The van der Waals surface area contributed by atoms with Crippen LogP contribution in [0.5, 0.6) is 5.75 Å². The zero-order chi connectivity index (χ0) is 13.4. The summed E-state index contributed by atoms with van der Waals surface area (Å²) in [6.45, 7) is 4.77. The highest BCUT2D eigenvalue weighted by Crippen LogP contribution is 2.16. The molecule has 0 aliphatic heterocycles. The molecule has 1 unspecified atom stereocenters. The van der Waals surface area contributed by atoms with Gasteiger partial charge < -0.3 is 15.8 Å². The summed E-state index contributed by atoms with van der Waals surface area (Å²) in [7, 11) is 0. The molecule has 0 saturated carbocycles. The van der Waals surface area contributed by atoms with Crippen LogP contribution in [0, 0.1) is 0 Å². The van der Waals surface area contributed by atoms with Gasteiger partial charge in [0.2, 0.25) is 5.91 Å². The summed E-state index contributed by atoms with van der Waals surface area (Å²) in [5.41, 5.74) is 6.48. The minimum atomic E-state index is -0.439. The zero-order valence-corrected chi connectivity index (χ0v) is 11.1. The number of anilines is 1. The highest BCUT2D eigenvalue weighted by atomic mass is 16.5. The number of carbonyl (C=O) groups excluding carboxylic acids is 1. The Hall–Kier alpha value is -1.55. The van der Waals surface area contributed by atoms with E-state index in [1.165, 1.54) is 0 Å². The molecule has 0 spiro atoms. The number of benzene rings is 1. The molecule has 0 fully saturated rings. The minimum Gasteiger partial charge on any atom is -0.494 e. The molecule has 0 bridgehead atoms. The van der Waals surface area contributed by atoms with Crippen molar-refractivity contribution < 1.29 is 9.53 Å². The van der Waals surface area contributed by atoms with Crippen molar-refractivity contribution in [1.82, 2.24) is 0 Å². The number of carbonyl (C=O) groups is 1. The van der Waals surface area contributed by atoms with Crippen molar-refractivity contribution in [2.24, 2.45) is 5.73 Å². The van der Waals surface area contributed by atoms with Gasteiger partial charge in [0, 0.05) is 5.69 Å². The van der Waals surface area contributed by atoms with Crippen LogP contribution < -0.4 is 15.8 Å². The summed E-state index contributed by atoms with van der Waals surface area (Å²) in [6, 6.07) is 6.89. The number of nitrogens with one attached hydrogen (secondary N) is 1. The summed E-state index contributed by atoms with van der Waals surface area (Å²) in [5.74, 6) is 0.673. The summed E-state index contributed by atoms with van der Waals surface area (Å²) >= 11 is 0. The van der Waals surface area contributed by atoms with E-state index in [1.807, 2.05) is 31.2 Å². The van der Waals surface area contributed by atoms with E-state index >= 15 is 0 Å². The first-order valence-electron chi connectivity index (χ1n) is 6.46. The van der Waals surface area contributed by atoms with Crippen LogP contribution >= 0.6 is 0 Å². The smallest absolute Gasteiger partial charge is 0.241 e. The second-order valence-electron chi connectivity index (χ2n) is 4.26. The third kappa shape index (κ3) is 4.75. The van der Waals surface area contributed by atoms with Gasteiger partial charge in [0.15, 0.2) is 0 Å². The molecule has 1 rings (SSSR count). The molecule has 18 heavy (non-hydrogen) atoms. The van der Waals surface area contributed by atoms with E-state index in [0.717, 1.165) is 24.3 Å². The Balaban J connectivity index is 2.50. The fourth-order valence-corrected chi connectivity index (χ4v) is 1.53. The van der Waals surface area contributed by atoms with Crippen molar-refractivity contribution in [3.63, 3.8) is 0 Å². The number of nitrogens with two attached hydrogens (primary N) is 1. The average molecular weight is 250 g/mol. The van der Waals surface area contributed by atoms with Crippen LogP contribution in [0.15, 0.2) is 24.3 Å². The van der Waals surface area contributed by atoms with Crippen molar-refractivity contribution in [3.05, 3.63) is 24.3 Å². The highest BCUT2D eigenvalue weighted by Gasteiger charge is 2.11. The third-order valence-electron chi connectivity index (χ3n) is 2.53. The summed E-state index contributed by atoms with van der Waals surface area (Å²) in [6.07, 6.45) is 2.58. The van der Waals surface area contributed by atoms with Gasteiger partial charge in [0.05, 0.1) is 12.6 Å². The van der Waals surface area contributed by atoms with E-state index in [0.29, 0.717) is 13.0 Å². The van der Waals surface area contributed by atoms with E-state index < -0.39 is 6.04 Å². The monoisotopic (exact) mass is 250 g/mol. The lowest BCUT2D eigenvalue weighted by molar-refractivity contribution is -0.117. The molecule has 1 amide bonds. The Kier molecular flexibility index (Phi) is 6.22. The number of ether oxygens (including phenoxy) is 1. The van der Waals surface area contributed by atoms with Gasteiger partial charge in [-0.2, -0.15) is 0 Å². The lowest BCUT2D eigenvalue weighted by Gasteiger charge is -2.11. The summed E-state index contributed by atoms with van der Waals surface area (Å²) in [5, 5.41) is 2.79. The lowest BCUT2D eigenvalue weighted by atomic mass is 10.1. The Morgan fingerprint density at radius 3 is 2.50 bits per heavy atom. The predicted molar refractivity (Wildman–Crippen MR) is 73.7 cm³/mol. The van der Waals surface area contributed by atoms with Crippen molar-refractivity contribution in [2.45, 2.75) is 39.2 Å². The molecule has 3 N–H and O–H groups in total. The van der Waals surface area contributed by atoms with Gasteiger partial charge in [-0.05, 0) is 37.1 Å². The second kappa shape index (κ2) is 7.71. The maximum absolute atomic E-state index is 11.7. The molecule has 1 aromatic rings. The predicted octanol–water partition coefficient (Wildman–Crippen LogP) is 2.54. The van der Waals surface area contributed by atoms with Crippen LogP contribution in [-0.4, -0.2) is 18.6 Å². The van der Waals surface area contributed by atoms with Crippen LogP contribution in [-0.2, 0) is 4.79 Å². The van der Waals surface area contributed by atoms with Crippen molar-refractivity contribution in [3.8, 4) is 5.75 Å².